The molecule has 0 aliphatic heterocycles. The van der Waals surface area contributed by atoms with E-state index in [0.29, 0.717) is 30.0 Å². The van der Waals surface area contributed by atoms with E-state index in [0.717, 1.165) is 6.42 Å². The molecular weight excluding hydrogens is 234 g/mol. The smallest absolute Gasteiger partial charge is 0.251 e. The van der Waals surface area contributed by atoms with Crippen molar-refractivity contribution in [2.24, 2.45) is 0 Å². The first-order valence-corrected chi connectivity index (χ1v) is 5.83. The van der Waals surface area contributed by atoms with Crippen LogP contribution in [0.15, 0.2) is 18.2 Å². The van der Waals surface area contributed by atoms with Crippen LogP contribution in [0.1, 0.15) is 23.2 Å². The van der Waals surface area contributed by atoms with Gasteiger partial charge in [0, 0.05) is 24.8 Å². The SMILES string of the molecule is COc1cc(OC)cc(C(=O)NCCCCO)c1. The van der Waals surface area contributed by atoms with Crippen molar-refractivity contribution < 1.29 is 19.4 Å². The minimum atomic E-state index is -0.176. The van der Waals surface area contributed by atoms with Crippen LogP contribution in [-0.4, -0.2) is 38.4 Å². The first-order chi connectivity index (χ1) is 8.71. The summed E-state index contributed by atoms with van der Waals surface area (Å²) < 4.78 is 10.2. The summed E-state index contributed by atoms with van der Waals surface area (Å²) in [6.45, 7) is 0.682. The van der Waals surface area contributed by atoms with Crippen LogP contribution in [0.4, 0.5) is 0 Å². The standard InChI is InChI=1S/C13H19NO4/c1-17-11-7-10(8-12(9-11)18-2)13(16)14-5-3-4-6-15/h7-9,15H,3-6H2,1-2H3,(H,14,16). The molecule has 0 heterocycles. The number of aliphatic hydroxyl groups is 1. The Labute approximate surface area is 107 Å². The van der Waals surface area contributed by atoms with Crippen molar-refractivity contribution in [3.05, 3.63) is 23.8 Å². The summed E-state index contributed by atoms with van der Waals surface area (Å²) in [6, 6.07) is 5.02. The molecule has 0 atom stereocenters. The highest BCUT2D eigenvalue weighted by atomic mass is 16.5. The van der Waals surface area contributed by atoms with Crippen molar-refractivity contribution in [1.29, 1.82) is 0 Å². The topological polar surface area (TPSA) is 67.8 Å². The van der Waals surface area contributed by atoms with Crippen LogP contribution < -0.4 is 14.8 Å². The minimum Gasteiger partial charge on any atom is -0.497 e. The van der Waals surface area contributed by atoms with Crippen LogP contribution in [-0.2, 0) is 0 Å². The fourth-order valence-electron chi connectivity index (χ4n) is 1.48. The third-order valence-electron chi connectivity index (χ3n) is 2.48. The van der Waals surface area contributed by atoms with Crippen LogP contribution in [0.3, 0.4) is 0 Å². The van der Waals surface area contributed by atoms with E-state index in [1.54, 1.807) is 18.2 Å². The highest BCUT2D eigenvalue weighted by molar-refractivity contribution is 5.95. The molecule has 1 aromatic carbocycles. The summed E-state index contributed by atoms with van der Waals surface area (Å²) in [5.41, 5.74) is 0.496. The van der Waals surface area contributed by atoms with E-state index in [1.165, 1.54) is 14.2 Å². The molecule has 0 unspecified atom stereocenters. The van der Waals surface area contributed by atoms with Crippen molar-refractivity contribution in [2.75, 3.05) is 27.4 Å². The lowest BCUT2D eigenvalue weighted by atomic mass is 10.2. The molecule has 100 valence electrons. The molecule has 0 fully saturated rings. The highest BCUT2D eigenvalue weighted by Gasteiger charge is 2.09. The zero-order chi connectivity index (χ0) is 13.4. The molecule has 0 aliphatic rings. The van der Waals surface area contributed by atoms with Gasteiger partial charge in [-0.05, 0) is 25.0 Å². The number of rotatable bonds is 7. The van der Waals surface area contributed by atoms with Gasteiger partial charge in [-0.2, -0.15) is 0 Å². The maximum atomic E-state index is 11.9. The number of benzene rings is 1. The van der Waals surface area contributed by atoms with E-state index in [1.807, 2.05) is 0 Å². The fraction of sp³-hybridized carbons (Fsp3) is 0.462. The Morgan fingerprint density at radius 3 is 2.28 bits per heavy atom. The van der Waals surface area contributed by atoms with Crippen molar-refractivity contribution >= 4 is 5.91 Å². The third kappa shape index (κ3) is 4.25. The van der Waals surface area contributed by atoms with Crippen LogP contribution in [0.5, 0.6) is 11.5 Å². The van der Waals surface area contributed by atoms with Crippen molar-refractivity contribution in [2.45, 2.75) is 12.8 Å². The van der Waals surface area contributed by atoms with E-state index in [4.69, 9.17) is 14.6 Å². The van der Waals surface area contributed by atoms with Gasteiger partial charge in [0.15, 0.2) is 0 Å². The molecular formula is C13H19NO4. The Hall–Kier alpha value is -1.75. The van der Waals surface area contributed by atoms with Gasteiger partial charge >= 0.3 is 0 Å². The number of methoxy groups -OCH3 is 2. The number of unbranched alkanes of at least 4 members (excludes halogenated alkanes) is 1. The summed E-state index contributed by atoms with van der Waals surface area (Å²) in [4.78, 5) is 11.9. The number of ether oxygens (including phenoxy) is 2. The largest absolute Gasteiger partial charge is 0.497 e. The van der Waals surface area contributed by atoms with Gasteiger partial charge < -0.3 is 19.9 Å². The average Bonchev–Trinajstić information content (AvgIpc) is 2.42. The molecule has 1 rings (SSSR count). The number of hydrogen-bond acceptors (Lipinski definition) is 4. The Kier molecular flexibility index (Phi) is 6.00. The zero-order valence-corrected chi connectivity index (χ0v) is 10.7. The number of hydrogen-bond donors (Lipinski definition) is 2. The first-order valence-electron chi connectivity index (χ1n) is 5.83. The van der Waals surface area contributed by atoms with Crippen LogP contribution in [0.25, 0.3) is 0 Å². The second-order valence-electron chi connectivity index (χ2n) is 3.79. The third-order valence-corrected chi connectivity index (χ3v) is 2.48. The quantitative estimate of drug-likeness (QED) is 0.717. The van der Waals surface area contributed by atoms with Gasteiger partial charge in [0.1, 0.15) is 11.5 Å². The molecule has 0 saturated carbocycles. The van der Waals surface area contributed by atoms with Crippen LogP contribution in [0, 0.1) is 0 Å². The lowest BCUT2D eigenvalue weighted by Crippen LogP contribution is -2.24. The van der Waals surface area contributed by atoms with Gasteiger partial charge in [-0.25, -0.2) is 0 Å². The van der Waals surface area contributed by atoms with Gasteiger partial charge in [-0.1, -0.05) is 0 Å². The normalized spacial score (nSPS) is 9.94. The molecule has 0 radical (unpaired) electrons. The van der Waals surface area contributed by atoms with Crippen molar-refractivity contribution in [3.8, 4) is 11.5 Å². The predicted molar refractivity (Wildman–Crippen MR) is 68.2 cm³/mol. The number of carbonyl (C=O) groups is 1. The van der Waals surface area contributed by atoms with Crippen LogP contribution in [0.2, 0.25) is 0 Å². The van der Waals surface area contributed by atoms with Crippen LogP contribution >= 0.6 is 0 Å². The maximum Gasteiger partial charge on any atom is 0.251 e. The lowest BCUT2D eigenvalue weighted by Gasteiger charge is -2.09. The van der Waals surface area contributed by atoms with E-state index in [9.17, 15) is 4.79 Å². The first kappa shape index (κ1) is 14.3. The molecule has 2 N–H and O–H groups in total. The van der Waals surface area contributed by atoms with Crippen molar-refractivity contribution in [1.82, 2.24) is 5.32 Å². The minimum absolute atomic E-state index is 0.142. The number of amides is 1. The van der Waals surface area contributed by atoms with Gasteiger partial charge in [-0.3, -0.25) is 4.79 Å². The summed E-state index contributed by atoms with van der Waals surface area (Å²) >= 11 is 0. The highest BCUT2D eigenvalue weighted by Crippen LogP contribution is 2.22. The zero-order valence-electron chi connectivity index (χ0n) is 10.7. The van der Waals surface area contributed by atoms with Gasteiger partial charge in [0.25, 0.3) is 5.91 Å². The maximum absolute atomic E-state index is 11.9. The Morgan fingerprint density at radius 1 is 1.17 bits per heavy atom. The molecule has 0 aromatic heterocycles. The molecule has 18 heavy (non-hydrogen) atoms. The van der Waals surface area contributed by atoms with Gasteiger partial charge in [-0.15, -0.1) is 0 Å². The molecule has 0 spiro atoms. The molecule has 5 nitrogen and oxygen atoms in total. The summed E-state index contributed by atoms with van der Waals surface area (Å²) in [7, 11) is 3.08. The molecule has 0 bridgehead atoms. The monoisotopic (exact) mass is 253 g/mol. The molecule has 1 amide bonds. The summed E-state index contributed by atoms with van der Waals surface area (Å²) in [5.74, 6) is 0.981. The fourth-order valence-corrected chi connectivity index (χ4v) is 1.48. The average molecular weight is 253 g/mol. The molecule has 5 heteroatoms. The summed E-state index contributed by atoms with van der Waals surface area (Å²) in [5, 5.41) is 11.4. The second kappa shape index (κ2) is 7.55. The number of nitrogens with one attached hydrogen (secondary N) is 1. The van der Waals surface area contributed by atoms with E-state index in [-0.39, 0.29) is 12.5 Å². The van der Waals surface area contributed by atoms with E-state index < -0.39 is 0 Å². The number of aliphatic hydroxyl groups excluding tert-OH is 1. The van der Waals surface area contributed by atoms with E-state index in [2.05, 4.69) is 5.32 Å². The molecule has 0 aliphatic carbocycles. The summed E-state index contributed by atoms with van der Waals surface area (Å²) in [6.07, 6.45) is 1.44. The predicted octanol–water partition coefficient (Wildman–Crippen LogP) is 1.21. The Bertz CT molecular complexity index is 370. The van der Waals surface area contributed by atoms with Gasteiger partial charge in [0.05, 0.1) is 14.2 Å². The Morgan fingerprint density at radius 2 is 1.78 bits per heavy atom. The van der Waals surface area contributed by atoms with E-state index >= 15 is 0 Å². The molecule has 1 aromatic rings. The lowest BCUT2D eigenvalue weighted by molar-refractivity contribution is 0.0951. The Balaban J connectivity index is 2.66. The molecule has 0 saturated heterocycles. The second-order valence-corrected chi connectivity index (χ2v) is 3.79. The van der Waals surface area contributed by atoms with Crippen molar-refractivity contribution in [3.63, 3.8) is 0 Å². The number of carbonyl (C=O) groups excluding carboxylic acids is 1. The van der Waals surface area contributed by atoms with Gasteiger partial charge in [0.2, 0.25) is 0 Å².